The zero-order chi connectivity index (χ0) is 20.2. The molecular weight excluding hydrogens is 406 g/mol. The van der Waals surface area contributed by atoms with Gasteiger partial charge in [0.2, 0.25) is 0 Å². The third-order valence-electron chi connectivity index (χ3n) is 4.99. The number of ether oxygens (including phenoxy) is 1. The summed E-state index contributed by atoms with van der Waals surface area (Å²) in [4.78, 5) is 11.3. The molecule has 0 saturated carbocycles. The van der Waals surface area contributed by atoms with Crippen LogP contribution < -0.4 is 5.32 Å². The minimum absolute atomic E-state index is 0.0262. The smallest absolute Gasteiger partial charge is 0.170 e. The van der Waals surface area contributed by atoms with Gasteiger partial charge in [-0.25, -0.2) is 4.98 Å². The Morgan fingerprint density at radius 1 is 1.17 bits per heavy atom. The zero-order valence-corrected chi connectivity index (χ0v) is 17.6. The maximum Gasteiger partial charge on any atom is 0.170 e. The van der Waals surface area contributed by atoms with Crippen LogP contribution in [0.15, 0.2) is 61.1 Å². The van der Waals surface area contributed by atoms with E-state index >= 15 is 0 Å². The molecule has 0 amide bonds. The van der Waals surface area contributed by atoms with Crippen LogP contribution in [0.4, 0.5) is 0 Å². The summed E-state index contributed by atoms with van der Waals surface area (Å²) >= 11 is 11.7. The molecule has 0 aromatic carbocycles. The fourth-order valence-electron chi connectivity index (χ4n) is 3.70. The number of nitrogens with one attached hydrogen (secondary N) is 1. The van der Waals surface area contributed by atoms with Crippen molar-refractivity contribution in [1.82, 2.24) is 24.8 Å². The molecule has 3 aromatic rings. The fraction of sp³-hybridized carbons (Fsp3) is 0.286. The van der Waals surface area contributed by atoms with Crippen molar-refractivity contribution in [2.75, 3.05) is 20.3 Å². The Morgan fingerprint density at radius 3 is 2.79 bits per heavy atom. The maximum atomic E-state index is 6.03. The minimum Gasteiger partial charge on any atom is -0.385 e. The van der Waals surface area contributed by atoms with E-state index in [9.17, 15) is 0 Å². The summed E-state index contributed by atoms with van der Waals surface area (Å²) < 4.78 is 7.33. The van der Waals surface area contributed by atoms with Crippen LogP contribution in [0.5, 0.6) is 0 Å². The molecule has 8 heteroatoms. The average Bonchev–Trinajstić information content (AvgIpc) is 3.34. The summed E-state index contributed by atoms with van der Waals surface area (Å²) in [6.07, 6.45) is 6.36. The molecule has 3 aromatic heterocycles. The van der Waals surface area contributed by atoms with Gasteiger partial charge >= 0.3 is 0 Å². The number of halogens is 1. The van der Waals surface area contributed by atoms with Crippen LogP contribution in [0.3, 0.4) is 0 Å². The number of aromatic nitrogens is 3. The average molecular weight is 428 g/mol. The molecule has 1 N–H and O–H groups in total. The Morgan fingerprint density at radius 2 is 2.07 bits per heavy atom. The summed E-state index contributed by atoms with van der Waals surface area (Å²) in [5.41, 5.74) is 2.03. The lowest BCUT2D eigenvalue weighted by molar-refractivity contribution is 0.180. The van der Waals surface area contributed by atoms with Crippen LogP contribution >= 0.6 is 23.8 Å². The number of rotatable bonds is 7. The van der Waals surface area contributed by atoms with Crippen molar-refractivity contribution in [3.8, 4) is 5.82 Å². The Labute approximate surface area is 180 Å². The lowest BCUT2D eigenvalue weighted by atomic mass is 10.0. The number of hydrogen-bond donors (Lipinski definition) is 1. The van der Waals surface area contributed by atoms with Gasteiger partial charge in [-0.05, 0) is 55.0 Å². The van der Waals surface area contributed by atoms with Gasteiger partial charge < -0.3 is 19.5 Å². The molecule has 1 fully saturated rings. The van der Waals surface area contributed by atoms with E-state index in [-0.39, 0.29) is 12.1 Å². The molecule has 4 rings (SSSR count). The van der Waals surface area contributed by atoms with E-state index in [0.717, 1.165) is 35.3 Å². The Bertz CT molecular complexity index is 963. The van der Waals surface area contributed by atoms with Crippen LogP contribution in [-0.2, 0) is 4.74 Å². The molecule has 2 atom stereocenters. The first-order valence-corrected chi connectivity index (χ1v) is 10.2. The number of pyridine rings is 2. The molecule has 1 saturated heterocycles. The van der Waals surface area contributed by atoms with Crippen LogP contribution in [0.25, 0.3) is 5.82 Å². The van der Waals surface area contributed by atoms with Gasteiger partial charge in [0.25, 0.3) is 0 Å². The molecule has 1 aliphatic heterocycles. The second-order valence-corrected chi connectivity index (χ2v) is 7.63. The van der Waals surface area contributed by atoms with E-state index in [2.05, 4.69) is 30.8 Å². The van der Waals surface area contributed by atoms with Gasteiger partial charge in [-0.3, -0.25) is 4.98 Å². The van der Waals surface area contributed by atoms with Crippen LogP contribution in [0, 0.1) is 0 Å². The number of nitrogens with zero attached hydrogens (tertiary/aromatic N) is 4. The lowest BCUT2D eigenvalue weighted by Crippen LogP contribution is -2.32. The highest BCUT2D eigenvalue weighted by atomic mass is 35.5. The Hall–Kier alpha value is -2.48. The van der Waals surface area contributed by atoms with Gasteiger partial charge in [-0.1, -0.05) is 17.7 Å². The molecule has 0 unspecified atom stereocenters. The van der Waals surface area contributed by atoms with E-state index in [1.165, 1.54) is 0 Å². The molecule has 0 spiro atoms. The summed E-state index contributed by atoms with van der Waals surface area (Å²) in [7, 11) is 1.71. The molecule has 150 valence electrons. The third kappa shape index (κ3) is 4.12. The van der Waals surface area contributed by atoms with E-state index in [0.29, 0.717) is 11.6 Å². The van der Waals surface area contributed by atoms with Gasteiger partial charge in [-0.2, -0.15) is 0 Å². The highest BCUT2D eigenvalue weighted by Crippen LogP contribution is 2.39. The van der Waals surface area contributed by atoms with Gasteiger partial charge in [0, 0.05) is 44.5 Å². The molecule has 0 bridgehead atoms. The molecule has 0 aliphatic carbocycles. The third-order valence-corrected chi connectivity index (χ3v) is 5.56. The molecule has 4 heterocycles. The van der Waals surface area contributed by atoms with Crippen molar-refractivity contribution >= 4 is 28.9 Å². The van der Waals surface area contributed by atoms with E-state index in [1.807, 2.05) is 48.8 Å². The van der Waals surface area contributed by atoms with E-state index in [1.54, 1.807) is 13.3 Å². The molecule has 1 aliphatic rings. The quantitative estimate of drug-likeness (QED) is 0.455. The summed E-state index contributed by atoms with van der Waals surface area (Å²) in [6.45, 7) is 1.47. The first-order chi connectivity index (χ1) is 14.2. The summed E-state index contributed by atoms with van der Waals surface area (Å²) in [6, 6.07) is 13.7. The van der Waals surface area contributed by atoms with E-state index < -0.39 is 0 Å². The number of hydrogen-bond acceptors (Lipinski definition) is 4. The highest BCUT2D eigenvalue weighted by Gasteiger charge is 2.41. The van der Waals surface area contributed by atoms with Gasteiger partial charge in [-0.15, -0.1) is 0 Å². The summed E-state index contributed by atoms with van der Waals surface area (Å²) in [5, 5.41) is 4.80. The highest BCUT2D eigenvalue weighted by molar-refractivity contribution is 7.80. The second-order valence-electron chi connectivity index (χ2n) is 6.80. The van der Waals surface area contributed by atoms with Crippen LogP contribution in [0.1, 0.15) is 29.9 Å². The first kappa shape index (κ1) is 19.8. The lowest BCUT2D eigenvalue weighted by Gasteiger charge is -2.28. The van der Waals surface area contributed by atoms with E-state index in [4.69, 9.17) is 28.6 Å². The minimum atomic E-state index is -0.0628. The SMILES string of the molecule is COCCCN1C(=S)N[C@@H](c2ccccn2)[C@H]1c1cccn1-c1ccc(Cl)cn1. The second kappa shape index (κ2) is 8.90. The zero-order valence-electron chi connectivity index (χ0n) is 16.0. The molecule has 0 radical (unpaired) electrons. The predicted molar refractivity (Wildman–Crippen MR) is 117 cm³/mol. The van der Waals surface area contributed by atoms with Crippen molar-refractivity contribution in [3.63, 3.8) is 0 Å². The first-order valence-electron chi connectivity index (χ1n) is 9.45. The molecule has 29 heavy (non-hydrogen) atoms. The normalized spacial score (nSPS) is 18.8. The van der Waals surface area contributed by atoms with Crippen molar-refractivity contribution in [2.45, 2.75) is 18.5 Å². The van der Waals surface area contributed by atoms with Gasteiger partial charge in [0.05, 0.1) is 22.8 Å². The number of thiocarbonyl (C=S) groups is 1. The summed E-state index contributed by atoms with van der Waals surface area (Å²) in [5.74, 6) is 0.809. The standard InChI is InChI=1S/C21H22ClN5OS/c1-28-13-5-12-27-20(19(25-21(27)29)16-6-2-3-10-23-16)17-7-4-11-26(17)18-9-8-15(22)14-24-18/h2-4,6-11,14,19-20H,5,12-13H2,1H3,(H,25,29)/t19-,20+/m0/s1. The predicted octanol–water partition coefficient (Wildman–Crippen LogP) is 3.93. The van der Waals surface area contributed by atoms with Crippen LogP contribution in [-0.4, -0.2) is 44.8 Å². The van der Waals surface area contributed by atoms with Gasteiger partial charge in [0.1, 0.15) is 5.82 Å². The largest absolute Gasteiger partial charge is 0.385 e. The topological polar surface area (TPSA) is 55.2 Å². The van der Waals surface area contributed by atoms with Crippen molar-refractivity contribution in [3.05, 3.63) is 77.5 Å². The monoisotopic (exact) mass is 427 g/mol. The fourth-order valence-corrected chi connectivity index (χ4v) is 4.14. The van der Waals surface area contributed by atoms with Crippen molar-refractivity contribution in [1.29, 1.82) is 0 Å². The Balaban J connectivity index is 1.75. The number of methoxy groups -OCH3 is 1. The van der Waals surface area contributed by atoms with Crippen molar-refractivity contribution in [2.24, 2.45) is 0 Å². The van der Waals surface area contributed by atoms with Crippen LogP contribution in [0.2, 0.25) is 5.02 Å². The molecular formula is C21H22ClN5OS. The Kier molecular flexibility index (Phi) is 6.08. The molecule has 6 nitrogen and oxygen atoms in total. The van der Waals surface area contributed by atoms with Crippen molar-refractivity contribution < 1.29 is 4.74 Å². The maximum absolute atomic E-state index is 6.03. The van der Waals surface area contributed by atoms with Gasteiger partial charge in [0.15, 0.2) is 5.11 Å².